The largest absolute Gasteiger partial charge is 0.368 e. The van der Waals surface area contributed by atoms with Gasteiger partial charge in [-0.2, -0.15) is 4.42 Å². The summed E-state index contributed by atoms with van der Waals surface area (Å²) in [7, 11) is 0. The van der Waals surface area contributed by atoms with Crippen molar-refractivity contribution in [3.63, 3.8) is 0 Å². The van der Waals surface area contributed by atoms with Crippen LogP contribution in [0.1, 0.15) is 20.3 Å². The Hall–Kier alpha value is -1.70. The fraction of sp³-hybridized carbons (Fsp3) is 0.667. The van der Waals surface area contributed by atoms with Crippen LogP contribution in [0, 0.1) is 16.0 Å². The van der Waals surface area contributed by atoms with Crippen LogP contribution in [-0.4, -0.2) is 44.7 Å². The van der Waals surface area contributed by atoms with E-state index in [1.165, 1.54) is 0 Å². The lowest BCUT2D eigenvalue weighted by atomic mass is 10.1. The second-order valence-electron chi connectivity index (χ2n) is 4.05. The first-order valence-electron chi connectivity index (χ1n) is 5.29. The van der Waals surface area contributed by atoms with Gasteiger partial charge in [0.1, 0.15) is 0 Å². The molecule has 1 aliphatic heterocycles. The van der Waals surface area contributed by atoms with E-state index < -0.39 is 28.8 Å². The van der Waals surface area contributed by atoms with Gasteiger partial charge >= 0.3 is 23.9 Å². The Morgan fingerprint density at radius 3 is 2.39 bits per heavy atom. The molecule has 0 N–H and O–H groups in total. The number of halogens is 1. The quantitative estimate of drug-likeness (QED) is 0.324. The molecule has 1 aliphatic rings. The molecule has 18 heavy (non-hydrogen) atoms. The minimum atomic E-state index is -2.13. The Kier molecular flexibility index (Phi) is 4.23. The van der Waals surface area contributed by atoms with E-state index in [-0.39, 0.29) is 16.9 Å². The van der Waals surface area contributed by atoms with Crippen LogP contribution >= 0.6 is 11.8 Å². The van der Waals surface area contributed by atoms with Crippen LogP contribution in [0.2, 0.25) is 0 Å². The number of hydrogen-bond donors (Lipinski definition) is 0. The van der Waals surface area contributed by atoms with E-state index in [1.54, 1.807) is 6.92 Å². The summed E-state index contributed by atoms with van der Waals surface area (Å²) in [5, 5.41) is 10.7. The minimum absolute atomic E-state index is 0.00495. The van der Waals surface area contributed by atoms with Crippen molar-refractivity contribution in [3.8, 4) is 0 Å². The predicted octanol–water partition coefficient (Wildman–Crippen LogP) is 0.622. The summed E-state index contributed by atoms with van der Waals surface area (Å²) in [6, 6.07) is -3.17. The monoisotopic (exact) mass is 277 g/mol. The molecule has 9 heteroatoms. The van der Waals surface area contributed by atoms with E-state index in [1.807, 2.05) is 6.92 Å². The molecule has 2 unspecified atom stereocenters. The molecular weight excluding hydrogens is 266 g/mol. The van der Waals surface area contributed by atoms with E-state index in [2.05, 4.69) is 0 Å². The molecule has 1 saturated heterocycles. The Morgan fingerprint density at radius 2 is 1.94 bits per heavy atom. The molecule has 1 fully saturated rings. The van der Waals surface area contributed by atoms with Gasteiger partial charge in [-0.25, -0.2) is 4.79 Å². The van der Waals surface area contributed by atoms with Gasteiger partial charge in [0.15, 0.2) is 0 Å². The zero-order valence-corrected chi connectivity index (χ0v) is 10.6. The van der Waals surface area contributed by atoms with Crippen molar-refractivity contribution in [2.24, 2.45) is 5.92 Å². The van der Waals surface area contributed by atoms with Crippen LogP contribution in [0.15, 0.2) is 0 Å². The molecule has 0 radical (unpaired) electrons. The zero-order chi connectivity index (χ0) is 14.0. The topological polar surface area (TPSA) is 101 Å². The van der Waals surface area contributed by atoms with Gasteiger partial charge in [0.2, 0.25) is 0 Å². The summed E-state index contributed by atoms with van der Waals surface area (Å²) >= 11 is 5.38. The molecule has 2 atom stereocenters. The third-order valence-electron chi connectivity index (χ3n) is 2.73. The average molecular weight is 278 g/mol. The van der Waals surface area contributed by atoms with Crippen molar-refractivity contribution in [1.82, 2.24) is 9.32 Å². The van der Waals surface area contributed by atoms with Gasteiger partial charge in [-0.1, -0.05) is 20.3 Å². The highest BCUT2D eigenvalue weighted by Crippen LogP contribution is 2.19. The average Bonchev–Trinajstić information content (AvgIpc) is 2.31. The fourth-order valence-corrected chi connectivity index (χ4v) is 1.63. The van der Waals surface area contributed by atoms with Crippen LogP contribution in [0.25, 0.3) is 0 Å². The Balaban J connectivity index is 3.03. The van der Waals surface area contributed by atoms with E-state index >= 15 is 0 Å². The maximum Gasteiger partial charge on any atom is 0.368 e. The van der Waals surface area contributed by atoms with Crippen molar-refractivity contribution < 1.29 is 19.3 Å². The van der Waals surface area contributed by atoms with Crippen molar-refractivity contribution in [2.45, 2.75) is 26.3 Å². The maximum absolute atomic E-state index is 11.7. The van der Waals surface area contributed by atoms with E-state index in [9.17, 15) is 24.5 Å². The number of rotatable bonds is 4. The van der Waals surface area contributed by atoms with Gasteiger partial charge in [0.05, 0.1) is 0 Å². The smallest absolute Gasteiger partial charge is 0.266 e. The SMILES string of the molecule is CCC(C)CN1C(=O)C([N+](=O)[O-])C(=O)N(Cl)C1=O. The highest BCUT2D eigenvalue weighted by molar-refractivity contribution is 6.35. The molecule has 100 valence electrons. The standard InChI is InChI=1S/C9H12ClN3O5/c1-3-5(2)4-11-7(14)6(13(17)18)8(15)12(10)9(11)16/h5-6H,3-4H2,1-2H3. The first-order chi connectivity index (χ1) is 8.31. The fourth-order valence-electron chi connectivity index (χ4n) is 1.44. The summed E-state index contributed by atoms with van der Waals surface area (Å²) in [4.78, 5) is 45.0. The number of barbiturate groups is 1. The second kappa shape index (κ2) is 5.30. The third-order valence-corrected chi connectivity index (χ3v) is 3.04. The van der Waals surface area contributed by atoms with Crippen molar-refractivity contribution in [1.29, 1.82) is 0 Å². The number of imide groups is 2. The summed E-state index contributed by atoms with van der Waals surface area (Å²) in [5.41, 5.74) is 0. The highest BCUT2D eigenvalue weighted by Gasteiger charge is 2.53. The Labute approximate surface area is 108 Å². The third kappa shape index (κ3) is 2.42. The molecular formula is C9H12ClN3O5. The number of hydrogen-bond acceptors (Lipinski definition) is 5. The van der Waals surface area contributed by atoms with Gasteiger partial charge in [-0.05, 0) is 5.92 Å². The number of urea groups is 1. The maximum atomic E-state index is 11.7. The Morgan fingerprint density at radius 1 is 1.39 bits per heavy atom. The van der Waals surface area contributed by atoms with Crippen molar-refractivity contribution in [2.75, 3.05) is 6.54 Å². The molecule has 0 aromatic rings. The molecule has 0 saturated carbocycles. The van der Waals surface area contributed by atoms with Crippen LogP contribution in [0.4, 0.5) is 4.79 Å². The number of carbonyl (C=O) groups is 3. The molecule has 0 bridgehead atoms. The number of nitro groups is 1. The van der Waals surface area contributed by atoms with Gasteiger partial charge < -0.3 is 0 Å². The van der Waals surface area contributed by atoms with Gasteiger partial charge in [0.25, 0.3) is 0 Å². The first kappa shape index (κ1) is 14.4. The minimum Gasteiger partial charge on any atom is -0.266 e. The second-order valence-corrected chi connectivity index (χ2v) is 4.39. The molecule has 0 spiro atoms. The van der Waals surface area contributed by atoms with E-state index in [0.29, 0.717) is 11.3 Å². The lowest BCUT2D eigenvalue weighted by Gasteiger charge is -2.30. The zero-order valence-electron chi connectivity index (χ0n) is 9.83. The lowest BCUT2D eigenvalue weighted by molar-refractivity contribution is -0.496. The number of amides is 4. The predicted molar refractivity (Wildman–Crippen MR) is 60.0 cm³/mol. The van der Waals surface area contributed by atoms with Crippen molar-refractivity contribution in [3.05, 3.63) is 10.1 Å². The van der Waals surface area contributed by atoms with Crippen LogP contribution in [-0.2, 0) is 9.59 Å². The molecule has 4 amide bonds. The molecule has 1 rings (SSSR count). The Bertz CT molecular complexity index is 413. The number of nitrogens with zero attached hydrogens (tertiary/aromatic N) is 3. The molecule has 1 heterocycles. The number of carbonyl (C=O) groups excluding carboxylic acids is 3. The van der Waals surface area contributed by atoms with Crippen LogP contribution in [0.5, 0.6) is 0 Å². The van der Waals surface area contributed by atoms with Crippen LogP contribution in [0.3, 0.4) is 0 Å². The summed E-state index contributed by atoms with van der Waals surface area (Å²) in [6.45, 7) is 3.61. The normalized spacial score (nSPS) is 22.4. The molecule has 0 aromatic heterocycles. The van der Waals surface area contributed by atoms with Gasteiger partial charge in [-0.15, -0.1) is 0 Å². The van der Waals surface area contributed by atoms with E-state index in [4.69, 9.17) is 11.8 Å². The van der Waals surface area contributed by atoms with Crippen LogP contribution < -0.4 is 0 Å². The molecule has 0 aromatic carbocycles. The van der Waals surface area contributed by atoms with Crippen molar-refractivity contribution >= 4 is 29.6 Å². The summed E-state index contributed by atoms with van der Waals surface area (Å²) in [6.07, 6.45) is 0.677. The van der Waals surface area contributed by atoms with Gasteiger partial charge in [-0.3, -0.25) is 24.6 Å². The van der Waals surface area contributed by atoms with Gasteiger partial charge in [0, 0.05) is 23.2 Å². The summed E-state index contributed by atoms with van der Waals surface area (Å²) < 4.78 is 0.0945. The summed E-state index contributed by atoms with van der Waals surface area (Å²) in [5.74, 6) is -2.49. The highest BCUT2D eigenvalue weighted by atomic mass is 35.5. The lowest BCUT2D eigenvalue weighted by Crippen LogP contribution is -2.62. The first-order valence-corrected chi connectivity index (χ1v) is 5.63. The molecule has 8 nitrogen and oxygen atoms in total. The van der Waals surface area contributed by atoms with E-state index in [0.717, 1.165) is 0 Å². The molecule has 0 aliphatic carbocycles.